The zero-order valence-electron chi connectivity index (χ0n) is 18.9. The fourth-order valence-corrected chi connectivity index (χ4v) is 4.18. The van der Waals surface area contributed by atoms with E-state index in [0.29, 0.717) is 5.69 Å². The van der Waals surface area contributed by atoms with Crippen LogP contribution in [-0.2, 0) is 20.9 Å². The van der Waals surface area contributed by atoms with Crippen molar-refractivity contribution in [2.45, 2.75) is 32.4 Å². The van der Waals surface area contributed by atoms with Crippen LogP contribution in [0, 0.1) is 5.92 Å². The number of nitrogens with zero attached hydrogens (tertiary/aromatic N) is 2. The maximum atomic E-state index is 12.8. The standard InChI is InChI=1S/C25H26N4O5/c1-15(2)23(24(32)27-16-11-26-29(12-16)13-22(30)31)28-25(33)34-14-21-19-9-5-3-7-17(19)18-8-4-6-10-20(18)21/h3-12,15,21,23H,13-14H2,1-2H3,(H,27,32)(H,28,33)(H,30,31). The number of rotatable bonds is 8. The van der Waals surface area contributed by atoms with E-state index in [1.165, 1.54) is 17.1 Å². The van der Waals surface area contributed by atoms with Crippen LogP contribution in [0.4, 0.5) is 10.5 Å². The molecule has 1 heterocycles. The minimum absolute atomic E-state index is 0.0791. The van der Waals surface area contributed by atoms with E-state index in [9.17, 15) is 14.4 Å². The van der Waals surface area contributed by atoms with E-state index in [2.05, 4.69) is 27.9 Å². The van der Waals surface area contributed by atoms with Gasteiger partial charge >= 0.3 is 12.1 Å². The first-order valence-corrected chi connectivity index (χ1v) is 11.0. The minimum Gasteiger partial charge on any atom is -0.480 e. The highest BCUT2D eigenvalue weighted by atomic mass is 16.5. The topological polar surface area (TPSA) is 123 Å². The molecule has 4 rings (SSSR count). The molecule has 0 aliphatic heterocycles. The summed E-state index contributed by atoms with van der Waals surface area (Å²) in [5.74, 6) is -1.78. The highest BCUT2D eigenvalue weighted by Crippen LogP contribution is 2.44. The van der Waals surface area contributed by atoms with Crippen LogP contribution in [0.5, 0.6) is 0 Å². The summed E-state index contributed by atoms with van der Waals surface area (Å²) >= 11 is 0. The molecule has 0 saturated carbocycles. The lowest BCUT2D eigenvalue weighted by molar-refractivity contribution is -0.137. The summed E-state index contributed by atoms with van der Waals surface area (Å²) in [5.41, 5.74) is 4.82. The second-order valence-corrected chi connectivity index (χ2v) is 8.50. The zero-order chi connectivity index (χ0) is 24.2. The maximum absolute atomic E-state index is 12.8. The van der Waals surface area contributed by atoms with Crippen molar-refractivity contribution in [1.82, 2.24) is 15.1 Å². The van der Waals surface area contributed by atoms with Gasteiger partial charge in [0.15, 0.2) is 0 Å². The second kappa shape index (κ2) is 9.78. The van der Waals surface area contributed by atoms with Crippen molar-refractivity contribution >= 4 is 23.7 Å². The van der Waals surface area contributed by atoms with Crippen LogP contribution >= 0.6 is 0 Å². The van der Waals surface area contributed by atoms with Gasteiger partial charge in [-0.2, -0.15) is 5.10 Å². The first-order chi connectivity index (χ1) is 16.3. The lowest BCUT2D eigenvalue weighted by Crippen LogP contribution is -2.47. The van der Waals surface area contributed by atoms with Crippen LogP contribution in [0.1, 0.15) is 30.9 Å². The molecule has 9 nitrogen and oxygen atoms in total. The number of aliphatic carboxylic acids is 1. The van der Waals surface area contributed by atoms with Crippen LogP contribution in [0.3, 0.4) is 0 Å². The number of fused-ring (bicyclic) bond motifs is 3. The maximum Gasteiger partial charge on any atom is 0.407 e. The molecule has 1 aromatic heterocycles. The van der Waals surface area contributed by atoms with E-state index in [4.69, 9.17) is 9.84 Å². The molecule has 0 bridgehead atoms. The average Bonchev–Trinajstić information content (AvgIpc) is 3.37. The van der Waals surface area contributed by atoms with Gasteiger partial charge in [0.25, 0.3) is 0 Å². The number of carboxylic acids is 1. The largest absolute Gasteiger partial charge is 0.480 e. The molecule has 3 N–H and O–H groups in total. The van der Waals surface area contributed by atoms with Crippen molar-refractivity contribution in [1.29, 1.82) is 0 Å². The molecule has 0 radical (unpaired) electrons. The van der Waals surface area contributed by atoms with Crippen molar-refractivity contribution in [3.05, 3.63) is 72.1 Å². The average molecular weight is 463 g/mol. The van der Waals surface area contributed by atoms with Gasteiger partial charge in [0.2, 0.25) is 5.91 Å². The summed E-state index contributed by atoms with van der Waals surface area (Å²) in [6.07, 6.45) is 2.08. The molecule has 176 valence electrons. The van der Waals surface area contributed by atoms with Gasteiger partial charge in [0, 0.05) is 12.1 Å². The van der Waals surface area contributed by atoms with Gasteiger partial charge in [-0.05, 0) is 28.2 Å². The summed E-state index contributed by atoms with van der Waals surface area (Å²) in [7, 11) is 0. The number of ether oxygens (including phenoxy) is 1. The Hall–Kier alpha value is -4.14. The summed E-state index contributed by atoms with van der Waals surface area (Å²) in [6, 6.07) is 15.3. The molecular formula is C25H26N4O5. The molecule has 9 heteroatoms. The molecule has 1 unspecified atom stereocenters. The zero-order valence-corrected chi connectivity index (χ0v) is 18.9. The Morgan fingerprint density at radius 3 is 2.26 bits per heavy atom. The fourth-order valence-electron chi connectivity index (χ4n) is 4.18. The molecule has 0 fully saturated rings. The summed E-state index contributed by atoms with van der Waals surface area (Å²) in [6.45, 7) is 3.44. The summed E-state index contributed by atoms with van der Waals surface area (Å²) in [5, 5.41) is 18.1. The third-order valence-electron chi connectivity index (χ3n) is 5.76. The second-order valence-electron chi connectivity index (χ2n) is 8.50. The Balaban J connectivity index is 1.39. The van der Waals surface area contributed by atoms with Crippen molar-refractivity contribution in [2.75, 3.05) is 11.9 Å². The van der Waals surface area contributed by atoms with Crippen LogP contribution < -0.4 is 10.6 Å². The number of carbonyl (C=O) groups is 3. The molecule has 3 aromatic rings. The number of aromatic nitrogens is 2. The Kier molecular flexibility index (Phi) is 6.62. The van der Waals surface area contributed by atoms with Gasteiger partial charge in [0.1, 0.15) is 19.2 Å². The van der Waals surface area contributed by atoms with Crippen molar-refractivity contribution in [2.24, 2.45) is 5.92 Å². The number of alkyl carbamates (subject to hydrolysis) is 1. The third-order valence-corrected chi connectivity index (χ3v) is 5.76. The number of hydrogen-bond donors (Lipinski definition) is 3. The smallest absolute Gasteiger partial charge is 0.407 e. The quantitative estimate of drug-likeness (QED) is 0.471. The Morgan fingerprint density at radius 2 is 1.68 bits per heavy atom. The number of nitrogens with one attached hydrogen (secondary N) is 2. The molecule has 1 aliphatic rings. The molecule has 1 atom stereocenters. The fraction of sp³-hybridized carbons (Fsp3) is 0.280. The van der Waals surface area contributed by atoms with Gasteiger partial charge < -0.3 is 20.5 Å². The Labute approximate surface area is 196 Å². The van der Waals surface area contributed by atoms with Crippen LogP contribution in [-0.4, -0.2) is 45.5 Å². The third kappa shape index (κ3) is 4.93. The number of hydrogen-bond acceptors (Lipinski definition) is 5. The van der Waals surface area contributed by atoms with Crippen LogP contribution in [0.15, 0.2) is 60.9 Å². The summed E-state index contributed by atoms with van der Waals surface area (Å²) < 4.78 is 6.75. The van der Waals surface area contributed by atoms with Gasteiger partial charge in [-0.15, -0.1) is 0 Å². The SMILES string of the molecule is CC(C)C(NC(=O)OCC1c2ccccc2-c2ccccc21)C(=O)Nc1cnn(CC(=O)O)c1. The number of amides is 2. The van der Waals surface area contributed by atoms with E-state index in [0.717, 1.165) is 22.3 Å². The highest BCUT2D eigenvalue weighted by Gasteiger charge is 2.30. The summed E-state index contributed by atoms with van der Waals surface area (Å²) in [4.78, 5) is 36.2. The van der Waals surface area contributed by atoms with Gasteiger partial charge in [-0.25, -0.2) is 4.79 Å². The lowest BCUT2D eigenvalue weighted by Gasteiger charge is -2.22. The van der Waals surface area contributed by atoms with E-state index in [1.54, 1.807) is 0 Å². The number of carboxylic acid groups (broad SMARTS) is 1. The molecule has 2 aromatic carbocycles. The van der Waals surface area contributed by atoms with Gasteiger partial charge in [-0.3, -0.25) is 14.3 Å². The Morgan fingerprint density at radius 1 is 1.06 bits per heavy atom. The molecule has 1 aliphatic carbocycles. The minimum atomic E-state index is -1.04. The molecule has 0 spiro atoms. The molecular weight excluding hydrogens is 436 g/mol. The molecule has 0 saturated heterocycles. The van der Waals surface area contributed by atoms with Crippen molar-refractivity contribution in [3.63, 3.8) is 0 Å². The van der Waals surface area contributed by atoms with Gasteiger partial charge in [0.05, 0.1) is 11.9 Å². The van der Waals surface area contributed by atoms with Crippen molar-refractivity contribution in [3.8, 4) is 11.1 Å². The van der Waals surface area contributed by atoms with E-state index in [1.807, 2.05) is 50.2 Å². The first kappa shape index (κ1) is 23.0. The highest BCUT2D eigenvalue weighted by molar-refractivity contribution is 5.96. The number of benzene rings is 2. The number of carbonyl (C=O) groups excluding carboxylic acids is 2. The molecule has 2 amide bonds. The lowest BCUT2D eigenvalue weighted by atomic mass is 9.98. The predicted molar refractivity (Wildman–Crippen MR) is 125 cm³/mol. The molecule has 34 heavy (non-hydrogen) atoms. The van der Waals surface area contributed by atoms with E-state index < -0.39 is 24.0 Å². The Bertz CT molecular complexity index is 1170. The van der Waals surface area contributed by atoms with E-state index in [-0.39, 0.29) is 25.0 Å². The van der Waals surface area contributed by atoms with Crippen molar-refractivity contribution < 1.29 is 24.2 Å². The first-order valence-electron chi connectivity index (χ1n) is 11.0. The predicted octanol–water partition coefficient (Wildman–Crippen LogP) is 3.47. The van der Waals surface area contributed by atoms with Gasteiger partial charge in [-0.1, -0.05) is 62.4 Å². The van der Waals surface area contributed by atoms with E-state index >= 15 is 0 Å². The normalized spacial score (nSPS) is 13.1. The van der Waals surface area contributed by atoms with Crippen LogP contribution in [0.25, 0.3) is 11.1 Å². The number of anilines is 1. The monoisotopic (exact) mass is 462 g/mol. The van der Waals surface area contributed by atoms with Crippen LogP contribution in [0.2, 0.25) is 0 Å².